The smallest absolute Gasteiger partial charge is 0.239 e. The lowest BCUT2D eigenvalue weighted by molar-refractivity contribution is -0.120. The zero-order chi connectivity index (χ0) is 17.4. The maximum Gasteiger partial charge on any atom is 0.239 e. The average molecular weight is 338 g/mol. The highest BCUT2D eigenvalue weighted by atomic mass is 19.1. The van der Waals surface area contributed by atoms with E-state index in [0.29, 0.717) is 5.96 Å². The lowest BCUT2D eigenvalue weighted by atomic mass is 9.95. The van der Waals surface area contributed by atoms with Crippen LogP contribution < -0.4 is 16.0 Å². The minimum Gasteiger partial charge on any atom is -0.352 e. The topological polar surface area (TPSA) is 65.5 Å². The Morgan fingerprint density at radius 1 is 1.21 bits per heavy atom. The molecule has 132 valence electrons. The first-order valence-electron chi connectivity index (χ1n) is 8.26. The molecule has 0 spiro atoms. The second-order valence-corrected chi connectivity index (χ2v) is 5.92. The fourth-order valence-corrected chi connectivity index (χ4v) is 2.77. The van der Waals surface area contributed by atoms with Crippen LogP contribution in [-0.4, -0.2) is 31.5 Å². The van der Waals surface area contributed by atoms with Crippen LogP contribution in [0.4, 0.5) is 8.78 Å². The Morgan fingerprint density at radius 2 is 1.96 bits per heavy atom. The number of hydrogen-bond acceptors (Lipinski definition) is 2. The summed E-state index contributed by atoms with van der Waals surface area (Å²) < 4.78 is 26.7. The summed E-state index contributed by atoms with van der Waals surface area (Å²) in [5, 5.41) is 8.73. The Morgan fingerprint density at radius 3 is 2.67 bits per heavy atom. The quantitative estimate of drug-likeness (QED) is 0.569. The number of benzene rings is 1. The van der Waals surface area contributed by atoms with Gasteiger partial charge in [-0.15, -0.1) is 0 Å². The average Bonchev–Trinajstić information content (AvgIpc) is 2.58. The molecule has 1 aromatic carbocycles. The number of carbonyl (C=O) groups excluding carboxylic acids is 1. The maximum atomic E-state index is 13.6. The summed E-state index contributed by atoms with van der Waals surface area (Å²) >= 11 is 0. The molecule has 2 rings (SSSR count). The number of halogens is 2. The minimum atomic E-state index is -0.497. The van der Waals surface area contributed by atoms with Crippen molar-refractivity contribution in [3.63, 3.8) is 0 Å². The fourth-order valence-electron chi connectivity index (χ4n) is 2.77. The zero-order valence-corrected chi connectivity index (χ0v) is 13.9. The molecule has 0 aromatic heterocycles. The van der Waals surface area contributed by atoms with Gasteiger partial charge in [0.15, 0.2) is 5.96 Å². The highest BCUT2D eigenvalue weighted by Gasteiger charge is 2.15. The highest BCUT2D eigenvalue weighted by molar-refractivity contribution is 5.86. The van der Waals surface area contributed by atoms with Crippen LogP contribution in [0.15, 0.2) is 23.2 Å². The van der Waals surface area contributed by atoms with Gasteiger partial charge in [-0.05, 0) is 31.0 Å². The lowest BCUT2D eigenvalue weighted by Gasteiger charge is -2.23. The molecule has 0 saturated heterocycles. The highest BCUT2D eigenvalue weighted by Crippen LogP contribution is 2.17. The second-order valence-electron chi connectivity index (χ2n) is 5.92. The summed E-state index contributed by atoms with van der Waals surface area (Å²) in [6.45, 7) is 0.162. The van der Waals surface area contributed by atoms with E-state index >= 15 is 0 Å². The molecule has 1 aliphatic carbocycles. The van der Waals surface area contributed by atoms with Crippen LogP contribution in [0.1, 0.15) is 37.7 Å². The van der Waals surface area contributed by atoms with Crippen molar-refractivity contribution in [3.8, 4) is 0 Å². The molecule has 1 fully saturated rings. The molecule has 7 heteroatoms. The van der Waals surface area contributed by atoms with Crippen LogP contribution in [0, 0.1) is 11.6 Å². The first-order chi connectivity index (χ1) is 11.6. The Hall–Kier alpha value is -2.18. The molecule has 0 bridgehead atoms. The predicted molar refractivity (Wildman–Crippen MR) is 89.6 cm³/mol. The first-order valence-corrected chi connectivity index (χ1v) is 8.26. The molecule has 1 saturated carbocycles. The first kappa shape index (κ1) is 18.2. The molecular formula is C17H24F2N4O. The zero-order valence-electron chi connectivity index (χ0n) is 13.9. The lowest BCUT2D eigenvalue weighted by Crippen LogP contribution is -2.45. The van der Waals surface area contributed by atoms with Gasteiger partial charge in [-0.3, -0.25) is 9.79 Å². The molecule has 3 N–H and O–H groups in total. The molecule has 1 amide bonds. The summed E-state index contributed by atoms with van der Waals surface area (Å²) in [5.74, 6) is -0.725. The molecule has 0 unspecified atom stereocenters. The van der Waals surface area contributed by atoms with Gasteiger partial charge in [0.25, 0.3) is 0 Å². The third-order valence-corrected chi connectivity index (χ3v) is 4.06. The minimum absolute atomic E-state index is 0.0769. The van der Waals surface area contributed by atoms with Gasteiger partial charge in [0.05, 0.1) is 6.54 Å². The molecular weight excluding hydrogens is 314 g/mol. The van der Waals surface area contributed by atoms with E-state index in [9.17, 15) is 13.6 Å². The SMILES string of the molecule is CN=C(NCC(=O)NC1CCCCC1)NCc1cc(F)ccc1F. The summed E-state index contributed by atoms with van der Waals surface area (Å²) in [5.41, 5.74) is 0.199. The third-order valence-electron chi connectivity index (χ3n) is 4.06. The van der Waals surface area contributed by atoms with E-state index in [1.54, 1.807) is 7.05 Å². The molecule has 1 aromatic rings. The van der Waals surface area contributed by atoms with Gasteiger partial charge in [-0.25, -0.2) is 8.78 Å². The van der Waals surface area contributed by atoms with Gasteiger partial charge in [0.2, 0.25) is 5.91 Å². The van der Waals surface area contributed by atoms with Gasteiger partial charge in [0.1, 0.15) is 11.6 Å². The third kappa shape index (κ3) is 5.79. The van der Waals surface area contributed by atoms with Crippen molar-refractivity contribution < 1.29 is 13.6 Å². The number of hydrogen-bond donors (Lipinski definition) is 3. The Labute approximate surface area is 140 Å². The van der Waals surface area contributed by atoms with Crippen LogP contribution in [0.25, 0.3) is 0 Å². The number of guanidine groups is 1. The fraction of sp³-hybridized carbons (Fsp3) is 0.529. The number of carbonyl (C=O) groups is 1. The van der Waals surface area contributed by atoms with Crippen molar-refractivity contribution in [1.29, 1.82) is 0 Å². The van der Waals surface area contributed by atoms with Crippen LogP contribution in [-0.2, 0) is 11.3 Å². The molecule has 0 radical (unpaired) electrons. The number of aliphatic imine (C=N–C) groups is 1. The largest absolute Gasteiger partial charge is 0.352 e. The van der Waals surface area contributed by atoms with E-state index in [1.807, 2.05) is 0 Å². The molecule has 0 heterocycles. The van der Waals surface area contributed by atoms with E-state index < -0.39 is 11.6 Å². The van der Waals surface area contributed by atoms with Crippen molar-refractivity contribution in [2.75, 3.05) is 13.6 Å². The van der Waals surface area contributed by atoms with Gasteiger partial charge in [-0.1, -0.05) is 19.3 Å². The monoisotopic (exact) mass is 338 g/mol. The van der Waals surface area contributed by atoms with E-state index in [4.69, 9.17) is 0 Å². The number of rotatable bonds is 5. The van der Waals surface area contributed by atoms with Crippen molar-refractivity contribution in [2.45, 2.75) is 44.7 Å². The van der Waals surface area contributed by atoms with E-state index in [2.05, 4.69) is 20.9 Å². The summed E-state index contributed by atoms with van der Waals surface area (Å²) in [6.07, 6.45) is 5.59. The maximum absolute atomic E-state index is 13.6. The summed E-state index contributed by atoms with van der Waals surface area (Å²) in [4.78, 5) is 15.9. The van der Waals surface area contributed by atoms with Gasteiger partial charge in [-0.2, -0.15) is 0 Å². The molecule has 0 aliphatic heterocycles. The van der Waals surface area contributed by atoms with Gasteiger partial charge < -0.3 is 16.0 Å². The van der Waals surface area contributed by atoms with E-state index in [0.717, 1.165) is 43.9 Å². The summed E-state index contributed by atoms with van der Waals surface area (Å²) in [6, 6.07) is 3.54. The second kappa shape index (κ2) is 9.20. The number of nitrogens with one attached hydrogen (secondary N) is 3. The predicted octanol–water partition coefficient (Wildman–Crippen LogP) is 2.08. The van der Waals surface area contributed by atoms with E-state index in [-0.39, 0.29) is 30.6 Å². The normalized spacial score (nSPS) is 15.9. The van der Waals surface area contributed by atoms with E-state index in [1.165, 1.54) is 6.42 Å². The number of nitrogens with zero attached hydrogens (tertiary/aromatic N) is 1. The Balaban J connectivity index is 1.75. The van der Waals surface area contributed by atoms with Crippen LogP contribution in [0.5, 0.6) is 0 Å². The number of amides is 1. The van der Waals surface area contributed by atoms with Gasteiger partial charge >= 0.3 is 0 Å². The summed E-state index contributed by atoms with van der Waals surface area (Å²) in [7, 11) is 1.55. The van der Waals surface area contributed by atoms with Gasteiger partial charge in [0, 0.05) is 25.2 Å². The van der Waals surface area contributed by atoms with Crippen molar-refractivity contribution >= 4 is 11.9 Å². The van der Waals surface area contributed by atoms with Crippen LogP contribution in [0.2, 0.25) is 0 Å². The molecule has 5 nitrogen and oxygen atoms in total. The molecule has 1 aliphatic rings. The molecule has 24 heavy (non-hydrogen) atoms. The van der Waals surface area contributed by atoms with Crippen molar-refractivity contribution in [3.05, 3.63) is 35.4 Å². The molecule has 0 atom stereocenters. The Bertz CT molecular complexity index is 586. The van der Waals surface area contributed by atoms with Crippen molar-refractivity contribution in [1.82, 2.24) is 16.0 Å². The van der Waals surface area contributed by atoms with Crippen LogP contribution >= 0.6 is 0 Å². The Kier molecular flexibility index (Phi) is 6.96. The standard InChI is InChI=1S/C17H24F2N4O/c1-20-17(21-10-12-9-13(18)7-8-15(12)19)22-11-16(24)23-14-5-3-2-4-6-14/h7-9,14H,2-6,10-11H2,1H3,(H,23,24)(H2,20,21,22). The van der Waals surface area contributed by atoms with Crippen molar-refractivity contribution in [2.24, 2.45) is 4.99 Å². The van der Waals surface area contributed by atoms with Crippen LogP contribution in [0.3, 0.4) is 0 Å².